The average molecular weight is 292 g/mol. The average Bonchev–Trinajstić information content (AvgIpc) is 2.31. The molecule has 1 rings (SSSR count). The van der Waals surface area contributed by atoms with Gasteiger partial charge in [0.25, 0.3) is 0 Å². The highest BCUT2D eigenvalue weighted by Gasteiger charge is 2.16. The number of benzene rings is 1. The molecule has 0 spiro atoms. The van der Waals surface area contributed by atoms with Crippen LogP contribution in [0.25, 0.3) is 0 Å². The van der Waals surface area contributed by atoms with Crippen LogP contribution in [0.5, 0.6) is 0 Å². The van der Waals surface area contributed by atoms with Crippen molar-refractivity contribution in [3.05, 3.63) is 28.2 Å². The largest absolute Gasteiger partial charge is 0.480 e. The minimum atomic E-state index is -1.06. The van der Waals surface area contributed by atoms with E-state index in [1.165, 1.54) is 24.1 Å². The third-order valence-corrected chi connectivity index (χ3v) is 2.88. The second-order valence-electron chi connectivity index (χ2n) is 3.42. The smallest absolute Gasteiger partial charge is 0.325 e. The number of carboxylic acid groups (broad SMARTS) is 1. The fourth-order valence-electron chi connectivity index (χ4n) is 1.30. The van der Waals surface area contributed by atoms with Crippen molar-refractivity contribution in [2.45, 2.75) is 0 Å². The fraction of sp³-hybridized carbons (Fsp3) is 0.273. The van der Waals surface area contributed by atoms with Gasteiger partial charge in [-0.2, -0.15) is 0 Å². The lowest BCUT2D eigenvalue weighted by Crippen LogP contribution is -2.35. The number of rotatable bonds is 5. The Labute approximate surface area is 114 Å². The Morgan fingerprint density at radius 3 is 2.44 bits per heavy atom. The first-order valence-electron chi connectivity index (χ1n) is 4.92. The van der Waals surface area contributed by atoms with E-state index in [2.05, 4.69) is 4.74 Å². The van der Waals surface area contributed by atoms with Gasteiger partial charge in [0.2, 0.25) is 0 Å². The van der Waals surface area contributed by atoms with Crippen LogP contribution in [0.1, 0.15) is 0 Å². The molecule has 1 N–H and O–H groups in total. The highest BCUT2D eigenvalue weighted by molar-refractivity contribution is 6.42. The third-order valence-electron chi connectivity index (χ3n) is 2.14. The summed E-state index contributed by atoms with van der Waals surface area (Å²) in [5, 5.41) is 9.44. The second-order valence-corrected chi connectivity index (χ2v) is 4.24. The van der Waals surface area contributed by atoms with E-state index in [4.69, 9.17) is 28.3 Å². The van der Waals surface area contributed by atoms with Crippen molar-refractivity contribution in [3.8, 4) is 0 Å². The summed E-state index contributed by atoms with van der Waals surface area (Å²) in [6.45, 7) is -0.520. The molecular formula is C11H11Cl2NO4. The standard InChI is InChI=1S/C11H11Cl2NO4/c1-18-11(17)6-14(5-10(15)16)7-2-3-8(12)9(13)4-7/h2-4H,5-6H2,1H3,(H,15,16). The topological polar surface area (TPSA) is 66.8 Å². The van der Waals surface area contributed by atoms with Gasteiger partial charge in [-0.3, -0.25) is 9.59 Å². The number of halogens is 2. The monoisotopic (exact) mass is 291 g/mol. The normalized spacial score (nSPS) is 9.94. The Kier molecular flexibility index (Phi) is 5.25. The minimum Gasteiger partial charge on any atom is -0.480 e. The quantitative estimate of drug-likeness (QED) is 0.841. The molecule has 0 aliphatic heterocycles. The van der Waals surface area contributed by atoms with Crippen LogP contribution in [0.15, 0.2) is 18.2 Å². The van der Waals surface area contributed by atoms with Crippen LogP contribution in [-0.4, -0.2) is 37.2 Å². The maximum Gasteiger partial charge on any atom is 0.325 e. The number of methoxy groups -OCH3 is 1. The van der Waals surface area contributed by atoms with Gasteiger partial charge in [-0.05, 0) is 18.2 Å². The van der Waals surface area contributed by atoms with Crippen LogP contribution >= 0.6 is 23.2 Å². The van der Waals surface area contributed by atoms with Crippen molar-refractivity contribution >= 4 is 40.8 Å². The van der Waals surface area contributed by atoms with Crippen molar-refractivity contribution < 1.29 is 19.4 Å². The number of anilines is 1. The van der Waals surface area contributed by atoms with Crippen molar-refractivity contribution in [2.24, 2.45) is 0 Å². The molecule has 1 aromatic rings. The third kappa shape index (κ3) is 4.09. The van der Waals surface area contributed by atoms with E-state index >= 15 is 0 Å². The first kappa shape index (κ1) is 14.6. The van der Waals surface area contributed by atoms with Crippen LogP contribution in [0.3, 0.4) is 0 Å². The Morgan fingerprint density at radius 2 is 1.94 bits per heavy atom. The van der Waals surface area contributed by atoms with Crippen molar-refractivity contribution in [1.82, 2.24) is 0 Å². The van der Waals surface area contributed by atoms with Gasteiger partial charge in [0.1, 0.15) is 13.1 Å². The van der Waals surface area contributed by atoms with Crippen LogP contribution in [-0.2, 0) is 14.3 Å². The fourth-order valence-corrected chi connectivity index (χ4v) is 1.60. The zero-order valence-corrected chi connectivity index (χ0v) is 11.0. The van der Waals surface area contributed by atoms with Gasteiger partial charge in [0.15, 0.2) is 0 Å². The summed E-state index contributed by atoms with van der Waals surface area (Å²) in [7, 11) is 1.23. The zero-order valence-electron chi connectivity index (χ0n) is 9.52. The summed E-state index contributed by atoms with van der Waals surface area (Å²) >= 11 is 11.6. The summed E-state index contributed by atoms with van der Waals surface area (Å²) in [6, 6.07) is 4.61. The molecule has 0 heterocycles. The number of esters is 1. The molecule has 0 bridgehead atoms. The summed E-state index contributed by atoms with van der Waals surface area (Å²) in [4.78, 5) is 23.3. The Bertz CT molecular complexity index is 464. The summed E-state index contributed by atoms with van der Waals surface area (Å²) in [5.41, 5.74) is 0.484. The van der Waals surface area contributed by atoms with Gasteiger partial charge in [-0.1, -0.05) is 23.2 Å². The van der Waals surface area contributed by atoms with E-state index in [-0.39, 0.29) is 18.1 Å². The molecule has 0 saturated heterocycles. The maximum atomic E-state index is 11.2. The molecule has 0 saturated carbocycles. The summed E-state index contributed by atoms with van der Waals surface area (Å²) < 4.78 is 4.51. The van der Waals surface area contributed by atoms with Crippen molar-refractivity contribution in [2.75, 3.05) is 25.1 Å². The highest BCUT2D eigenvalue weighted by atomic mass is 35.5. The number of aliphatic carboxylic acids is 1. The van der Waals surface area contributed by atoms with Gasteiger partial charge in [-0.15, -0.1) is 0 Å². The SMILES string of the molecule is COC(=O)CN(CC(=O)O)c1ccc(Cl)c(Cl)c1. The molecule has 98 valence electrons. The predicted octanol–water partition coefficient (Wildman–Crippen LogP) is 2.06. The maximum absolute atomic E-state index is 11.2. The van der Waals surface area contributed by atoms with Crippen molar-refractivity contribution in [1.29, 1.82) is 0 Å². The first-order chi connectivity index (χ1) is 8.43. The number of carboxylic acids is 1. The van der Waals surface area contributed by atoms with Crippen LogP contribution in [0.4, 0.5) is 5.69 Å². The van der Waals surface area contributed by atoms with Crippen LogP contribution in [0.2, 0.25) is 10.0 Å². The molecule has 0 fully saturated rings. The van der Waals surface area contributed by atoms with E-state index in [1.807, 2.05) is 0 Å². The first-order valence-corrected chi connectivity index (χ1v) is 5.68. The Morgan fingerprint density at radius 1 is 1.28 bits per heavy atom. The summed E-state index contributed by atoms with van der Waals surface area (Å²) in [5.74, 6) is -1.60. The second kappa shape index (κ2) is 6.47. The number of hydrogen-bond acceptors (Lipinski definition) is 4. The molecule has 0 unspecified atom stereocenters. The van der Waals surface area contributed by atoms with Crippen LogP contribution < -0.4 is 4.90 Å². The lowest BCUT2D eigenvalue weighted by molar-refractivity contribution is -0.139. The molecule has 0 aromatic heterocycles. The van der Waals surface area contributed by atoms with E-state index in [0.717, 1.165) is 0 Å². The molecular weight excluding hydrogens is 281 g/mol. The number of carbonyl (C=O) groups excluding carboxylic acids is 1. The van der Waals surface area contributed by atoms with Gasteiger partial charge in [0, 0.05) is 5.69 Å². The molecule has 0 aliphatic rings. The molecule has 0 atom stereocenters. The predicted molar refractivity (Wildman–Crippen MR) is 68.3 cm³/mol. The minimum absolute atomic E-state index is 0.180. The molecule has 1 aromatic carbocycles. The van der Waals surface area contributed by atoms with Crippen molar-refractivity contribution in [3.63, 3.8) is 0 Å². The van der Waals surface area contributed by atoms with Gasteiger partial charge >= 0.3 is 11.9 Å². The van der Waals surface area contributed by atoms with E-state index in [0.29, 0.717) is 10.7 Å². The molecule has 18 heavy (non-hydrogen) atoms. The molecule has 0 aliphatic carbocycles. The van der Waals surface area contributed by atoms with E-state index in [9.17, 15) is 9.59 Å². The van der Waals surface area contributed by atoms with E-state index < -0.39 is 11.9 Å². The van der Waals surface area contributed by atoms with Gasteiger partial charge in [0.05, 0.1) is 17.2 Å². The van der Waals surface area contributed by atoms with E-state index in [1.54, 1.807) is 6.07 Å². The number of carbonyl (C=O) groups is 2. The molecule has 0 radical (unpaired) electrons. The summed E-state index contributed by atoms with van der Waals surface area (Å²) in [6.07, 6.45) is 0. The lowest BCUT2D eigenvalue weighted by Gasteiger charge is -2.21. The van der Waals surface area contributed by atoms with Crippen LogP contribution in [0, 0.1) is 0 Å². The zero-order chi connectivity index (χ0) is 13.7. The van der Waals surface area contributed by atoms with Gasteiger partial charge in [-0.25, -0.2) is 0 Å². The molecule has 0 amide bonds. The molecule has 7 heteroatoms. The Balaban J connectivity index is 2.96. The number of ether oxygens (including phenoxy) is 1. The molecule has 5 nitrogen and oxygen atoms in total. The number of nitrogens with zero attached hydrogens (tertiary/aromatic N) is 1. The number of hydrogen-bond donors (Lipinski definition) is 1. The lowest BCUT2D eigenvalue weighted by atomic mass is 10.3. The highest BCUT2D eigenvalue weighted by Crippen LogP contribution is 2.27. The Hall–Kier alpha value is -1.46. The van der Waals surface area contributed by atoms with Gasteiger partial charge < -0.3 is 14.7 Å².